The van der Waals surface area contributed by atoms with Gasteiger partial charge in [-0.25, -0.2) is 43.5 Å². The Morgan fingerprint density at radius 1 is 0.291 bits per heavy atom. The number of aryl methyl sites for hydroxylation is 4. The van der Waals surface area contributed by atoms with E-state index in [-0.39, 0.29) is 37.7 Å². The zero-order valence-electron chi connectivity index (χ0n) is 80.4. The Labute approximate surface area is 871 Å². The van der Waals surface area contributed by atoms with Gasteiger partial charge in [-0.3, -0.25) is 38.8 Å². The van der Waals surface area contributed by atoms with Crippen LogP contribution in [0.25, 0.3) is 45.8 Å². The van der Waals surface area contributed by atoms with Crippen LogP contribution in [0.15, 0.2) is 342 Å². The smallest absolute Gasteiger partial charge is 0.416 e. The van der Waals surface area contributed by atoms with E-state index in [1.807, 2.05) is 149 Å². The second-order valence-electron chi connectivity index (χ2n) is 32.8. The third-order valence-corrected chi connectivity index (χ3v) is 22.8. The number of ether oxygens (including phenoxy) is 8. The number of nitrogens with zero attached hydrogens (tertiary/aromatic N) is 8. The first-order valence-electron chi connectivity index (χ1n) is 46.2. The van der Waals surface area contributed by atoms with Crippen LogP contribution in [0.4, 0.5) is 23.6 Å². The van der Waals surface area contributed by atoms with E-state index in [0.717, 1.165) is 108 Å². The summed E-state index contributed by atoms with van der Waals surface area (Å²) < 4.78 is 82.8. The molecule has 32 nitrogen and oxygen atoms in total. The quantitative estimate of drug-likeness (QED) is 0.0277. The molecule has 0 aliphatic rings. The summed E-state index contributed by atoms with van der Waals surface area (Å²) >= 11 is 12.6. The highest BCUT2D eigenvalue weighted by Gasteiger charge is 2.27. The lowest BCUT2D eigenvalue weighted by molar-refractivity contribution is -0.138. The average Bonchev–Trinajstić information content (AvgIpc) is 1.69. The number of hydrogen-bond donors (Lipinski definition) is 4. The van der Waals surface area contributed by atoms with E-state index in [1.165, 1.54) is 24.3 Å². The van der Waals surface area contributed by atoms with E-state index in [2.05, 4.69) is 51.8 Å². The summed E-state index contributed by atoms with van der Waals surface area (Å²) in [6.45, 7) is 6.93. The SMILES string of the molecule is Cc1oc(-c2ccccc2)nc1CCOc1ccc(CN(CC(=O)O)C(=O)Oc2cccc(Br)c2)cc1.Cc1oc(-c2ccccc2)nc1CCOc1cccc(CN(CC(=O)O)C(=O)Oc2cccc(Br)c2)c1.Cc1oc(-c2ccccc2)nc1CCOc1cccc(CN(CC(=O)O)C(=O)Oc2cccc(Cl)c2)c1.Cc1oc(-c2ccccc2)nc1CCOc1cccc(CN(CC(=O)O)C(=O)Oc2cccc(F)c2)c1. The van der Waals surface area contributed by atoms with E-state index in [0.29, 0.717) is 132 Å². The topological polar surface area (TPSA) is 408 Å². The van der Waals surface area contributed by atoms with Gasteiger partial charge in [-0.15, -0.1) is 0 Å². The monoisotopic (exact) mass is 2150 g/mol. The summed E-state index contributed by atoms with van der Waals surface area (Å²) in [6, 6.07) is 92.0. The molecule has 0 fully saturated rings. The molecule has 0 bridgehead atoms. The van der Waals surface area contributed by atoms with Crippen molar-refractivity contribution in [3.8, 4) is 91.8 Å². The zero-order valence-corrected chi connectivity index (χ0v) is 84.3. The van der Waals surface area contributed by atoms with Gasteiger partial charge in [0.1, 0.15) is 101 Å². The van der Waals surface area contributed by atoms with Crippen LogP contribution in [0.5, 0.6) is 46.0 Å². The molecule has 0 aliphatic heterocycles. The van der Waals surface area contributed by atoms with Crippen LogP contribution in [0.2, 0.25) is 5.02 Å². The molecule has 148 heavy (non-hydrogen) atoms. The molecular formula is C112H100Br2ClFN8O24. The first-order chi connectivity index (χ1) is 71.5. The second kappa shape index (κ2) is 54.5. The molecule has 0 radical (unpaired) electrons. The number of benzene rings is 12. The van der Waals surface area contributed by atoms with Gasteiger partial charge in [-0.1, -0.05) is 189 Å². The molecule has 4 N–H and O–H groups in total. The Bertz CT molecular complexity index is 6660. The third-order valence-electron chi connectivity index (χ3n) is 21.5. The minimum atomic E-state index is -1.21. The molecule has 16 rings (SSSR count). The molecule has 4 aromatic heterocycles. The standard InChI is InChI=1S/2C28H25BrN2O6.C28H25ClN2O6.C28H25FN2O6/c1-19-25(30-27(36-19)21-8-3-2-4-9-21)13-14-35-23-11-5-7-20(15-23)17-31(18-26(32)33)28(34)37-24-12-6-10-22(29)16-24;1-19-25(30-27(36-19)21-6-3-2-4-7-21)14-15-35-23-12-10-20(11-13-23)17-31(18-26(32)33)28(34)37-24-9-5-8-22(29)16-24;2*1-19-25(30-27(36-19)21-8-3-2-4-9-21)13-14-35-23-11-5-7-20(15-23)17-31(18-26(32)33)28(34)37-24-12-6-10-22(29)16-24/h2-12,15-16H,13-14,17-18H2,1H3,(H,32,33);2-13,16H,14-15,17-18H2,1H3,(H,32,33);2*2-12,15-16H,13-14,17-18H2,1H3,(H,32,33). The number of carbonyl (C=O) groups excluding carboxylic acids is 4. The summed E-state index contributed by atoms with van der Waals surface area (Å²) in [4.78, 5) is 119. The van der Waals surface area contributed by atoms with Crippen molar-refractivity contribution in [2.24, 2.45) is 0 Å². The van der Waals surface area contributed by atoms with Gasteiger partial charge in [0.15, 0.2) is 0 Å². The predicted molar refractivity (Wildman–Crippen MR) is 552 cm³/mol. The van der Waals surface area contributed by atoms with E-state index in [4.69, 9.17) is 67.2 Å². The Morgan fingerprint density at radius 3 is 0.831 bits per heavy atom. The minimum absolute atomic E-state index is 0.0176. The molecule has 36 heteroatoms. The highest BCUT2D eigenvalue weighted by atomic mass is 79.9. The maximum Gasteiger partial charge on any atom is 0.416 e. The van der Waals surface area contributed by atoms with Crippen LogP contribution >= 0.6 is 43.5 Å². The maximum absolute atomic E-state index is 13.4. The highest BCUT2D eigenvalue weighted by Crippen LogP contribution is 2.32. The van der Waals surface area contributed by atoms with Crippen molar-refractivity contribution in [3.63, 3.8) is 0 Å². The average molecular weight is 2160 g/mol. The molecule has 4 heterocycles. The van der Waals surface area contributed by atoms with Crippen LogP contribution in [-0.4, -0.2) is 161 Å². The molecule has 0 unspecified atom stereocenters. The Morgan fingerprint density at radius 2 is 0.547 bits per heavy atom. The second-order valence-corrected chi connectivity index (χ2v) is 35.1. The van der Waals surface area contributed by atoms with Crippen molar-refractivity contribution in [1.29, 1.82) is 0 Å². The summed E-state index contributed by atoms with van der Waals surface area (Å²) in [5.74, 6) is 3.23. The fourth-order valence-electron chi connectivity index (χ4n) is 14.5. The lowest BCUT2D eigenvalue weighted by Gasteiger charge is -2.20. The molecular weight excluding hydrogens is 2060 g/mol. The van der Waals surface area contributed by atoms with E-state index >= 15 is 0 Å². The fourth-order valence-corrected chi connectivity index (χ4v) is 15.4. The van der Waals surface area contributed by atoms with Crippen LogP contribution in [0.1, 0.15) is 68.1 Å². The van der Waals surface area contributed by atoms with Crippen molar-refractivity contribution >= 4 is 91.7 Å². The van der Waals surface area contributed by atoms with Gasteiger partial charge in [-0.05, 0) is 214 Å². The van der Waals surface area contributed by atoms with Gasteiger partial charge in [0.25, 0.3) is 0 Å². The predicted octanol–water partition coefficient (Wildman–Crippen LogP) is 23.7. The summed E-state index contributed by atoms with van der Waals surface area (Å²) in [7, 11) is 0. The fraction of sp³-hybridized carbons (Fsp3) is 0.179. The molecule has 4 amide bonds. The molecule has 0 spiro atoms. The van der Waals surface area contributed by atoms with Crippen molar-refractivity contribution in [2.75, 3.05) is 52.6 Å². The summed E-state index contributed by atoms with van der Waals surface area (Å²) in [6.07, 6.45) is -1.02. The highest BCUT2D eigenvalue weighted by molar-refractivity contribution is 9.10. The van der Waals surface area contributed by atoms with E-state index < -0.39 is 80.2 Å². The number of carboxylic acids is 4. The molecule has 0 aliphatic carbocycles. The molecule has 12 aromatic carbocycles. The molecule has 0 atom stereocenters. The van der Waals surface area contributed by atoms with Crippen LogP contribution in [0, 0.1) is 33.5 Å². The molecule has 0 saturated carbocycles. The zero-order chi connectivity index (χ0) is 105. The van der Waals surface area contributed by atoms with Gasteiger partial charge >= 0.3 is 48.3 Å². The normalized spacial score (nSPS) is 10.6. The number of hydrogen-bond acceptors (Lipinski definition) is 24. The summed E-state index contributed by atoms with van der Waals surface area (Å²) in [5, 5.41) is 37.5. The number of rotatable bonds is 40. The Hall–Kier alpha value is -17.2. The Kier molecular flexibility index (Phi) is 39.8. The van der Waals surface area contributed by atoms with Crippen molar-refractivity contribution in [1.82, 2.24) is 39.5 Å². The molecule has 16 aromatic rings. The third kappa shape index (κ3) is 34.5. The number of aliphatic carboxylic acids is 4. The van der Waals surface area contributed by atoms with Crippen LogP contribution < -0.4 is 37.9 Å². The maximum atomic E-state index is 13.4. The number of oxazole rings is 4. The van der Waals surface area contributed by atoms with Gasteiger partial charge < -0.3 is 76.0 Å². The van der Waals surface area contributed by atoms with Crippen molar-refractivity contribution in [2.45, 2.75) is 79.6 Å². The van der Waals surface area contributed by atoms with Crippen molar-refractivity contribution in [3.05, 3.63) is 403 Å². The first kappa shape index (κ1) is 108. The Balaban J connectivity index is 0.000000165. The molecule has 0 saturated heterocycles. The van der Waals surface area contributed by atoms with Gasteiger partial charge in [0, 0.05) is 94.2 Å². The number of carbonyl (C=O) groups is 8. The van der Waals surface area contributed by atoms with Crippen molar-refractivity contribution < 1.29 is 119 Å². The van der Waals surface area contributed by atoms with E-state index in [1.54, 1.807) is 164 Å². The van der Waals surface area contributed by atoms with Crippen LogP contribution in [-0.2, 0) is 71.0 Å². The van der Waals surface area contributed by atoms with Crippen LogP contribution in [0.3, 0.4) is 0 Å². The summed E-state index contributed by atoms with van der Waals surface area (Å²) in [5.41, 5.74) is 9.66. The lowest BCUT2D eigenvalue weighted by Crippen LogP contribution is -2.37. The van der Waals surface area contributed by atoms with Gasteiger partial charge in [-0.2, -0.15) is 0 Å². The number of halogens is 4. The van der Waals surface area contributed by atoms with Gasteiger partial charge in [0.05, 0.1) is 49.2 Å². The van der Waals surface area contributed by atoms with E-state index in [9.17, 15) is 63.2 Å². The number of amides is 4. The number of carboxylic acid groups (broad SMARTS) is 4. The lowest BCUT2D eigenvalue weighted by atomic mass is 10.2. The minimum Gasteiger partial charge on any atom is -0.493 e. The largest absolute Gasteiger partial charge is 0.493 e. The molecule has 760 valence electrons. The van der Waals surface area contributed by atoms with Gasteiger partial charge in [0.2, 0.25) is 23.6 Å². The number of aromatic nitrogens is 4. The first-order valence-corrected chi connectivity index (χ1v) is 48.2.